The second-order valence-corrected chi connectivity index (χ2v) is 7.55. The van der Waals surface area contributed by atoms with Crippen LogP contribution in [0.1, 0.15) is 55.4 Å². The molecule has 0 aromatic heterocycles. The van der Waals surface area contributed by atoms with Crippen LogP contribution >= 0.6 is 0 Å². The molecule has 1 aliphatic rings. The topological polar surface area (TPSA) is 12.0 Å². The van der Waals surface area contributed by atoms with Gasteiger partial charge in [-0.05, 0) is 87.9 Å². The largest absolute Gasteiger partial charge is 0.317 e. The monoisotopic (exact) mass is 287 g/mol. The van der Waals surface area contributed by atoms with E-state index in [0.29, 0.717) is 6.04 Å². The van der Waals surface area contributed by atoms with Crippen LogP contribution in [0.3, 0.4) is 0 Å². The lowest BCUT2D eigenvalue weighted by atomic mass is 9.71. The highest BCUT2D eigenvalue weighted by molar-refractivity contribution is 5.37. The van der Waals surface area contributed by atoms with Gasteiger partial charge in [0.25, 0.3) is 0 Å². The lowest BCUT2D eigenvalue weighted by Gasteiger charge is -2.38. The Labute approximate surface area is 131 Å². The first-order valence-electron chi connectivity index (χ1n) is 8.66. The summed E-state index contributed by atoms with van der Waals surface area (Å²) in [6.07, 6.45) is 5.36. The molecule has 1 aromatic carbocycles. The van der Waals surface area contributed by atoms with Crippen LogP contribution in [0.5, 0.6) is 0 Å². The third kappa shape index (κ3) is 3.88. The van der Waals surface area contributed by atoms with Crippen LogP contribution in [0.25, 0.3) is 0 Å². The number of hydrogen-bond donors (Lipinski definition) is 1. The van der Waals surface area contributed by atoms with Crippen molar-refractivity contribution in [3.05, 3.63) is 34.4 Å². The smallest absolute Gasteiger partial charge is 0.00957 e. The fraction of sp³-hybridized carbons (Fsp3) is 0.700. The quantitative estimate of drug-likeness (QED) is 0.837. The normalized spacial score (nSPS) is 26.3. The van der Waals surface area contributed by atoms with E-state index in [1.54, 1.807) is 5.56 Å². The van der Waals surface area contributed by atoms with Crippen LogP contribution in [-0.4, -0.2) is 13.1 Å². The summed E-state index contributed by atoms with van der Waals surface area (Å²) < 4.78 is 0. The van der Waals surface area contributed by atoms with Crippen molar-refractivity contribution in [2.45, 2.75) is 66.3 Å². The average molecular weight is 287 g/mol. The van der Waals surface area contributed by atoms with Crippen molar-refractivity contribution in [1.82, 2.24) is 5.32 Å². The van der Waals surface area contributed by atoms with Crippen molar-refractivity contribution >= 4 is 0 Å². The van der Waals surface area contributed by atoms with Gasteiger partial charge in [-0.3, -0.25) is 0 Å². The third-order valence-electron chi connectivity index (χ3n) is 5.64. The van der Waals surface area contributed by atoms with Gasteiger partial charge in [0.1, 0.15) is 0 Å². The van der Waals surface area contributed by atoms with Crippen LogP contribution in [0.4, 0.5) is 0 Å². The van der Waals surface area contributed by atoms with Crippen molar-refractivity contribution in [2.75, 3.05) is 7.05 Å². The first kappa shape index (κ1) is 16.5. The van der Waals surface area contributed by atoms with E-state index in [9.17, 15) is 0 Å². The Morgan fingerprint density at radius 1 is 1.10 bits per heavy atom. The zero-order chi connectivity index (χ0) is 15.6. The fourth-order valence-electron chi connectivity index (χ4n) is 4.31. The summed E-state index contributed by atoms with van der Waals surface area (Å²) in [4.78, 5) is 0. The van der Waals surface area contributed by atoms with Gasteiger partial charge in [0.2, 0.25) is 0 Å². The molecule has 0 radical (unpaired) electrons. The molecular weight excluding hydrogens is 254 g/mol. The van der Waals surface area contributed by atoms with Gasteiger partial charge in [0.15, 0.2) is 0 Å². The molecule has 1 aromatic rings. The van der Waals surface area contributed by atoms with Crippen LogP contribution in [0.15, 0.2) is 12.1 Å². The maximum absolute atomic E-state index is 3.58. The first-order valence-corrected chi connectivity index (χ1v) is 8.66. The van der Waals surface area contributed by atoms with Crippen LogP contribution < -0.4 is 5.32 Å². The average Bonchev–Trinajstić information content (AvgIpc) is 2.42. The summed E-state index contributed by atoms with van der Waals surface area (Å²) in [5, 5.41) is 3.58. The van der Waals surface area contributed by atoms with E-state index < -0.39 is 0 Å². The first-order chi connectivity index (χ1) is 9.92. The van der Waals surface area contributed by atoms with Gasteiger partial charge in [-0.25, -0.2) is 0 Å². The van der Waals surface area contributed by atoms with Crippen LogP contribution in [-0.2, 0) is 6.42 Å². The van der Waals surface area contributed by atoms with Crippen molar-refractivity contribution in [3.8, 4) is 0 Å². The Balaban J connectivity index is 2.19. The SMILES string of the molecule is CNC1CCC(C(C)C)CC1Cc1c(C)cc(C)cc1C. The number of benzene rings is 1. The summed E-state index contributed by atoms with van der Waals surface area (Å²) in [6.45, 7) is 11.6. The van der Waals surface area contributed by atoms with E-state index in [0.717, 1.165) is 17.8 Å². The highest BCUT2D eigenvalue weighted by atomic mass is 14.9. The second kappa shape index (κ2) is 6.96. The molecule has 3 unspecified atom stereocenters. The molecule has 1 heteroatoms. The zero-order valence-corrected chi connectivity index (χ0v) is 14.8. The zero-order valence-electron chi connectivity index (χ0n) is 14.8. The van der Waals surface area contributed by atoms with Crippen LogP contribution in [0.2, 0.25) is 0 Å². The molecule has 2 rings (SSSR count). The predicted molar refractivity (Wildman–Crippen MR) is 92.9 cm³/mol. The highest BCUT2D eigenvalue weighted by Crippen LogP contribution is 2.36. The summed E-state index contributed by atoms with van der Waals surface area (Å²) in [5.74, 6) is 2.52. The van der Waals surface area contributed by atoms with Crippen LogP contribution in [0, 0.1) is 38.5 Å². The fourth-order valence-corrected chi connectivity index (χ4v) is 4.31. The lowest BCUT2D eigenvalue weighted by Crippen LogP contribution is -2.40. The molecule has 0 bridgehead atoms. The van der Waals surface area contributed by atoms with E-state index >= 15 is 0 Å². The number of rotatable bonds is 4. The maximum Gasteiger partial charge on any atom is 0.00957 e. The Morgan fingerprint density at radius 2 is 1.71 bits per heavy atom. The van der Waals surface area contributed by atoms with Crippen molar-refractivity contribution in [1.29, 1.82) is 0 Å². The molecule has 0 saturated heterocycles. The van der Waals surface area contributed by atoms with Crippen molar-refractivity contribution in [2.24, 2.45) is 17.8 Å². The van der Waals surface area contributed by atoms with E-state index in [2.05, 4.69) is 59.1 Å². The maximum atomic E-state index is 3.58. The van der Waals surface area contributed by atoms with Gasteiger partial charge >= 0.3 is 0 Å². The minimum atomic E-state index is 0.695. The third-order valence-corrected chi connectivity index (χ3v) is 5.64. The summed E-state index contributed by atoms with van der Waals surface area (Å²) in [5.41, 5.74) is 5.95. The van der Waals surface area contributed by atoms with Gasteiger partial charge < -0.3 is 5.32 Å². The Morgan fingerprint density at radius 3 is 2.24 bits per heavy atom. The lowest BCUT2D eigenvalue weighted by molar-refractivity contribution is 0.172. The standard InChI is InChI=1S/C20H33N/c1-13(2)17-7-8-20(21-6)18(11-17)12-19-15(4)9-14(3)10-16(19)5/h9-10,13,17-18,20-21H,7-8,11-12H2,1-6H3. The van der Waals surface area contributed by atoms with Crippen molar-refractivity contribution < 1.29 is 0 Å². The summed E-state index contributed by atoms with van der Waals surface area (Å²) >= 11 is 0. The Bertz CT molecular complexity index is 452. The second-order valence-electron chi connectivity index (χ2n) is 7.55. The Hall–Kier alpha value is -0.820. The van der Waals surface area contributed by atoms with E-state index in [1.165, 1.54) is 42.4 Å². The molecule has 3 atom stereocenters. The summed E-state index contributed by atoms with van der Waals surface area (Å²) in [6, 6.07) is 5.39. The number of nitrogens with one attached hydrogen (secondary N) is 1. The van der Waals surface area contributed by atoms with Crippen molar-refractivity contribution in [3.63, 3.8) is 0 Å². The molecule has 0 aliphatic heterocycles. The van der Waals surface area contributed by atoms with Gasteiger partial charge in [0, 0.05) is 6.04 Å². The van der Waals surface area contributed by atoms with E-state index in [1.807, 2.05) is 0 Å². The molecule has 21 heavy (non-hydrogen) atoms. The van der Waals surface area contributed by atoms with Gasteiger partial charge in [-0.1, -0.05) is 31.5 Å². The highest BCUT2D eigenvalue weighted by Gasteiger charge is 2.31. The van der Waals surface area contributed by atoms with E-state index in [-0.39, 0.29) is 0 Å². The van der Waals surface area contributed by atoms with Gasteiger partial charge in [-0.2, -0.15) is 0 Å². The molecule has 1 fully saturated rings. The number of aryl methyl sites for hydroxylation is 3. The summed E-state index contributed by atoms with van der Waals surface area (Å²) in [7, 11) is 2.14. The predicted octanol–water partition coefficient (Wildman–Crippen LogP) is 4.81. The molecule has 0 spiro atoms. The molecule has 1 nitrogen and oxygen atoms in total. The molecule has 1 N–H and O–H groups in total. The van der Waals surface area contributed by atoms with Gasteiger partial charge in [-0.15, -0.1) is 0 Å². The van der Waals surface area contributed by atoms with Gasteiger partial charge in [0.05, 0.1) is 0 Å². The molecule has 0 amide bonds. The molecule has 118 valence electrons. The number of hydrogen-bond acceptors (Lipinski definition) is 1. The Kier molecular flexibility index (Phi) is 5.48. The minimum absolute atomic E-state index is 0.695. The molecule has 0 heterocycles. The molecular formula is C20H33N. The molecule has 1 aliphatic carbocycles. The minimum Gasteiger partial charge on any atom is -0.317 e. The van der Waals surface area contributed by atoms with E-state index in [4.69, 9.17) is 0 Å². The molecule has 1 saturated carbocycles.